The van der Waals surface area contributed by atoms with Crippen LogP contribution in [0.2, 0.25) is 10.0 Å². The Kier molecular flexibility index (Phi) is 9.65. The summed E-state index contributed by atoms with van der Waals surface area (Å²) in [5.74, 6) is -0.509. The molecule has 0 unspecified atom stereocenters. The van der Waals surface area contributed by atoms with Gasteiger partial charge in [0.1, 0.15) is 11.0 Å². The van der Waals surface area contributed by atoms with Crippen molar-refractivity contribution in [1.82, 2.24) is 4.90 Å². The Balaban J connectivity index is 1.55. The molecule has 238 valence electrons. The summed E-state index contributed by atoms with van der Waals surface area (Å²) in [4.78, 5) is 41.3. The van der Waals surface area contributed by atoms with Gasteiger partial charge in [-0.25, -0.2) is 4.79 Å². The molecule has 45 heavy (non-hydrogen) atoms. The number of anilines is 2. The van der Waals surface area contributed by atoms with Gasteiger partial charge in [-0.15, -0.1) is 0 Å². The molecule has 1 aliphatic carbocycles. The normalized spacial score (nSPS) is 15.7. The van der Waals surface area contributed by atoms with Crippen molar-refractivity contribution < 1.29 is 23.9 Å². The van der Waals surface area contributed by atoms with E-state index in [4.69, 9.17) is 32.7 Å². The molecule has 1 aliphatic heterocycles. The number of piperidine rings is 1. The van der Waals surface area contributed by atoms with E-state index in [2.05, 4.69) is 10.6 Å². The summed E-state index contributed by atoms with van der Waals surface area (Å²) in [7, 11) is 1.37. The number of benzene rings is 3. The lowest BCUT2D eigenvalue weighted by molar-refractivity contribution is -0.144. The Morgan fingerprint density at radius 2 is 1.31 bits per heavy atom. The molecule has 5 rings (SSSR count). The molecule has 0 bridgehead atoms. The van der Waals surface area contributed by atoms with E-state index in [1.54, 1.807) is 29.2 Å². The fraction of sp³-hybridized carbons (Fsp3) is 0.400. The quantitative estimate of drug-likeness (QED) is 0.192. The number of methoxy groups -OCH3 is 1. The van der Waals surface area contributed by atoms with Gasteiger partial charge in [0.05, 0.1) is 18.5 Å². The number of amides is 2. The summed E-state index contributed by atoms with van der Waals surface area (Å²) < 4.78 is 11.1. The largest absolute Gasteiger partial charge is 0.468 e. The predicted molar refractivity (Wildman–Crippen MR) is 177 cm³/mol. The van der Waals surface area contributed by atoms with Gasteiger partial charge in [-0.3, -0.25) is 9.59 Å². The second-order valence-electron chi connectivity index (χ2n) is 12.7. The van der Waals surface area contributed by atoms with Crippen LogP contribution in [-0.2, 0) is 24.5 Å². The first kappa shape index (κ1) is 32.6. The molecule has 3 aromatic rings. The molecular formula is C35H39Cl2N3O5. The van der Waals surface area contributed by atoms with E-state index in [9.17, 15) is 14.4 Å². The van der Waals surface area contributed by atoms with Crippen LogP contribution < -0.4 is 10.6 Å². The molecule has 0 radical (unpaired) electrons. The van der Waals surface area contributed by atoms with Crippen molar-refractivity contribution in [2.45, 2.75) is 63.5 Å². The number of carbonyl (C=O) groups is 3. The van der Waals surface area contributed by atoms with Gasteiger partial charge in [-0.05, 0) is 99.5 Å². The topological polar surface area (TPSA) is 97.0 Å². The average Bonchev–Trinajstić information content (AvgIpc) is 3.86. The zero-order valence-corrected chi connectivity index (χ0v) is 27.5. The summed E-state index contributed by atoms with van der Waals surface area (Å²) in [5, 5.41) is 7.79. The third-order valence-electron chi connectivity index (χ3n) is 8.21. The monoisotopic (exact) mass is 651 g/mol. The highest BCUT2D eigenvalue weighted by atomic mass is 35.5. The molecule has 2 aliphatic rings. The lowest BCUT2D eigenvalue weighted by Gasteiger charge is -2.35. The standard InChI is InChI=1S/C35H39Cl2N3O5/c1-34(2,3)45-33(43)40-19-17-28(18-20-40)38-30-21-25(11-16-29(30)39-31(41)22-5-6-22)35(32(42)44-4,23-7-12-26(36)13-8-23)24-9-14-27(37)15-10-24/h7-16,21-22,28,38H,5-6,17-20H2,1-4H3,(H,39,41). The number of hydrogen-bond acceptors (Lipinski definition) is 6. The van der Waals surface area contributed by atoms with Crippen LogP contribution in [0.25, 0.3) is 0 Å². The van der Waals surface area contributed by atoms with Gasteiger partial charge in [0, 0.05) is 35.1 Å². The second-order valence-corrected chi connectivity index (χ2v) is 13.5. The van der Waals surface area contributed by atoms with E-state index < -0.39 is 17.0 Å². The molecule has 8 nitrogen and oxygen atoms in total. The van der Waals surface area contributed by atoms with Crippen LogP contribution in [0.4, 0.5) is 16.2 Å². The maximum absolute atomic E-state index is 14.0. The van der Waals surface area contributed by atoms with Crippen molar-refractivity contribution in [3.63, 3.8) is 0 Å². The van der Waals surface area contributed by atoms with Crippen molar-refractivity contribution in [3.8, 4) is 0 Å². The molecule has 2 fully saturated rings. The summed E-state index contributed by atoms with van der Waals surface area (Å²) in [6, 6.07) is 19.8. The van der Waals surface area contributed by atoms with E-state index in [0.29, 0.717) is 64.0 Å². The van der Waals surface area contributed by atoms with Crippen LogP contribution in [0.5, 0.6) is 0 Å². The third kappa shape index (κ3) is 7.39. The van der Waals surface area contributed by atoms with Crippen molar-refractivity contribution in [2.75, 3.05) is 30.8 Å². The Morgan fingerprint density at radius 3 is 1.80 bits per heavy atom. The zero-order chi connectivity index (χ0) is 32.4. The molecule has 0 aromatic heterocycles. The van der Waals surface area contributed by atoms with E-state index in [1.807, 2.05) is 63.2 Å². The van der Waals surface area contributed by atoms with Gasteiger partial charge >= 0.3 is 12.1 Å². The van der Waals surface area contributed by atoms with Crippen LogP contribution >= 0.6 is 23.2 Å². The number of nitrogens with zero attached hydrogens (tertiary/aromatic N) is 1. The highest BCUT2D eigenvalue weighted by Crippen LogP contribution is 2.44. The molecule has 0 spiro atoms. The van der Waals surface area contributed by atoms with Crippen LogP contribution in [0.3, 0.4) is 0 Å². The molecular weight excluding hydrogens is 613 g/mol. The van der Waals surface area contributed by atoms with Crippen molar-refractivity contribution in [3.05, 3.63) is 93.5 Å². The smallest absolute Gasteiger partial charge is 0.410 e. The predicted octanol–water partition coefficient (Wildman–Crippen LogP) is 7.66. The van der Waals surface area contributed by atoms with Crippen LogP contribution in [0.15, 0.2) is 66.7 Å². The highest BCUT2D eigenvalue weighted by molar-refractivity contribution is 6.30. The van der Waals surface area contributed by atoms with Crippen molar-refractivity contribution in [2.24, 2.45) is 5.92 Å². The number of rotatable bonds is 8. The maximum Gasteiger partial charge on any atom is 0.410 e. The minimum absolute atomic E-state index is 0.00638. The zero-order valence-electron chi connectivity index (χ0n) is 26.0. The fourth-order valence-corrected chi connectivity index (χ4v) is 6.00. The van der Waals surface area contributed by atoms with Gasteiger partial charge in [-0.2, -0.15) is 0 Å². The summed E-state index contributed by atoms with van der Waals surface area (Å²) in [6.45, 7) is 6.61. The molecule has 1 saturated carbocycles. The first-order valence-corrected chi connectivity index (χ1v) is 16.0. The summed E-state index contributed by atoms with van der Waals surface area (Å²) in [6.07, 6.45) is 2.77. The van der Waals surface area contributed by atoms with Gasteiger partial charge in [-0.1, -0.05) is 53.5 Å². The SMILES string of the molecule is COC(=O)C(c1ccc(Cl)cc1)(c1ccc(Cl)cc1)c1ccc(NC(=O)C2CC2)c(NC2CCN(C(=O)OC(C)(C)C)CC2)c1. The molecule has 2 amide bonds. The van der Waals surface area contributed by atoms with E-state index in [1.165, 1.54) is 7.11 Å². The maximum atomic E-state index is 14.0. The molecule has 10 heteroatoms. The van der Waals surface area contributed by atoms with E-state index in [-0.39, 0.29) is 24.0 Å². The number of carbonyl (C=O) groups excluding carboxylic acids is 3. The van der Waals surface area contributed by atoms with E-state index in [0.717, 1.165) is 12.8 Å². The van der Waals surface area contributed by atoms with Crippen molar-refractivity contribution >= 4 is 52.5 Å². The Hall–Kier alpha value is -3.75. The molecule has 1 saturated heterocycles. The number of ether oxygens (including phenoxy) is 2. The minimum atomic E-state index is -1.38. The number of likely N-dealkylation sites (tertiary alicyclic amines) is 1. The fourth-order valence-electron chi connectivity index (χ4n) is 5.75. The highest BCUT2D eigenvalue weighted by Gasteiger charge is 2.46. The molecule has 0 atom stereocenters. The summed E-state index contributed by atoms with van der Waals surface area (Å²) >= 11 is 12.5. The number of nitrogens with one attached hydrogen (secondary N) is 2. The number of hydrogen-bond donors (Lipinski definition) is 2. The number of esters is 1. The molecule has 1 heterocycles. The Morgan fingerprint density at radius 1 is 0.778 bits per heavy atom. The average molecular weight is 653 g/mol. The van der Waals surface area contributed by atoms with Crippen LogP contribution in [0, 0.1) is 5.92 Å². The van der Waals surface area contributed by atoms with Crippen LogP contribution in [-0.4, -0.2) is 54.7 Å². The van der Waals surface area contributed by atoms with Gasteiger partial charge in [0.15, 0.2) is 0 Å². The van der Waals surface area contributed by atoms with Crippen LogP contribution in [0.1, 0.15) is 63.1 Å². The third-order valence-corrected chi connectivity index (χ3v) is 8.71. The Labute approximate surface area is 274 Å². The molecule has 2 N–H and O–H groups in total. The minimum Gasteiger partial charge on any atom is -0.468 e. The lowest BCUT2D eigenvalue weighted by atomic mass is 9.69. The van der Waals surface area contributed by atoms with Gasteiger partial charge < -0.3 is 25.0 Å². The first-order valence-electron chi connectivity index (χ1n) is 15.2. The van der Waals surface area contributed by atoms with E-state index >= 15 is 0 Å². The van der Waals surface area contributed by atoms with Gasteiger partial charge in [0.2, 0.25) is 5.91 Å². The second kappa shape index (κ2) is 13.3. The first-order chi connectivity index (χ1) is 21.4. The lowest BCUT2D eigenvalue weighted by Crippen LogP contribution is -2.44. The van der Waals surface area contributed by atoms with Gasteiger partial charge in [0.25, 0.3) is 0 Å². The Bertz CT molecular complexity index is 1500. The molecule has 3 aromatic carbocycles. The van der Waals surface area contributed by atoms with Crippen molar-refractivity contribution in [1.29, 1.82) is 0 Å². The number of halogens is 2. The summed E-state index contributed by atoms with van der Waals surface area (Å²) in [5.41, 5.74) is 1.31.